The second kappa shape index (κ2) is 7.84. The van der Waals surface area contributed by atoms with E-state index in [9.17, 15) is 4.79 Å². The highest BCUT2D eigenvalue weighted by Gasteiger charge is 2.11. The fourth-order valence-corrected chi connectivity index (χ4v) is 2.83. The van der Waals surface area contributed by atoms with Crippen molar-refractivity contribution in [3.8, 4) is 0 Å². The summed E-state index contributed by atoms with van der Waals surface area (Å²) in [6, 6.07) is 14.7. The SMILES string of the molecule is O=C(N/N=C\c1ccc(N2CCCC2)cc1)Nc1cccc(Cl)c1. The van der Waals surface area contributed by atoms with Crippen LogP contribution in [0.15, 0.2) is 53.6 Å². The van der Waals surface area contributed by atoms with Crippen LogP contribution in [-0.2, 0) is 0 Å². The van der Waals surface area contributed by atoms with E-state index in [1.807, 2.05) is 12.1 Å². The van der Waals surface area contributed by atoms with Gasteiger partial charge in [0, 0.05) is 29.5 Å². The first-order valence-electron chi connectivity index (χ1n) is 7.91. The van der Waals surface area contributed by atoms with E-state index in [0.717, 1.165) is 18.7 Å². The Morgan fingerprint density at radius 3 is 2.58 bits per heavy atom. The predicted octanol–water partition coefficient (Wildman–Crippen LogP) is 4.10. The van der Waals surface area contributed by atoms with Crippen molar-refractivity contribution in [2.24, 2.45) is 5.10 Å². The molecule has 2 N–H and O–H groups in total. The maximum Gasteiger partial charge on any atom is 0.339 e. The Labute approximate surface area is 146 Å². The minimum atomic E-state index is -0.415. The number of halogens is 1. The van der Waals surface area contributed by atoms with Gasteiger partial charge in [0.2, 0.25) is 0 Å². The highest BCUT2D eigenvalue weighted by molar-refractivity contribution is 6.30. The summed E-state index contributed by atoms with van der Waals surface area (Å²) in [6.07, 6.45) is 4.13. The summed E-state index contributed by atoms with van der Waals surface area (Å²) in [7, 11) is 0. The number of nitrogens with one attached hydrogen (secondary N) is 2. The van der Waals surface area contributed by atoms with Gasteiger partial charge in [0.05, 0.1) is 6.21 Å². The number of anilines is 2. The van der Waals surface area contributed by atoms with Crippen molar-refractivity contribution in [3.05, 3.63) is 59.1 Å². The molecule has 124 valence electrons. The Hall–Kier alpha value is -2.53. The molecule has 3 rings (SSSR count). The molecule has 0 aromatic heterocycles. The van der Waals surface area contributed by atoms with Crippen molar-refractivity contribution in [3.63, 3.8) is 0 Å². The topological polar surface area (TPSA) is 56.7 Å². The number of amides is 2. The second-order valence-corrected chi connectivity index (χ2v) is 6.06. The van der Waals surface area contributed by atoms with Crippen LogP contribution in [0.3, 0.4) is 0 Å². The Morgan fingerprint density at radius 2 is 1.88 bits per heavy atom. The maximum absolute atomic E-state index is 11.8. The molecule has 0 aliphatic carbocycles. The molecule has 1 fully saturated rings. The lowest BCUT2D eigenvalue weighted by Crippen LogP contribution is -2.24. The smallest absolute Gasteiger partial charge is 0.339 e. The second-order valence-electron chi connectivity index (χ2n) is 5.62. The zero-order valence-electron chi connectivity index (χ0n) is 13.2. The van der Waals surface area contributed by atoms with Crippen LogP contribution in [0.5, 0.6) is 0 Å². The zero-order chi connectivity index (χ0) is 16.8. The third-order valence-corrected chi connectivity index (χ3v) is 4.06. The molecule has 1 aliphatic heterocycles. The normalized spacial score (nSPS) is 14.1. The Kier molecular flexibility index (Phi) is 5.33. The largest absolute Gasteiger partial charge is 0.372 e. The Morgan fingerprint density at radius 1 is 1.12 bits per heavy atom. The molecule has 2 amide bonds. The van der Waals surface area contributed by atoms with Gasteiger partial charge >= 0.3 is 6.03 Å². The number of hydrogen-bond donors (Lipinski definition) is 2. The van der Waals surface area contributed by atoms with Crippen LogP contribution in [0.1, 0.15) is 18.4 Å². The molecule has 5 nitrogen and oxygen atoms in total. The van der Waals surface area contributed by atoms with Gasteiger partial charge in [-0.1, -0.05) is 29.8 Å². The highest BCUT2D eigenvalue weighted by atomic mass is 35.5. The molecular formula is C18H19ClN4O. The van der Waals surface area contributed by atoms with Gasteiger partial charge in [-0.3, -0.25) is 0 Å². The molecule has 0 spiro atoms. The van der Waals surface area contributed by atoms with E-state index in [2.05, 4.69) is 32.9 Å². The summed E-state index contributed by atoms with van der Waals surface area (Å²) in [5.74, 6) is 0. The lowest BCUT2D eigenvalue weighted by molar-refractivity contribution is 0.252. The first-order chi connectivity index (χ1) is 11.7. The number of urea groups is 1. The lowest BCUT2D eigenvalue weighted by atomic mass is 10.2. The van der Waals surface area contributed by atoms with E-state index < -0.39 is 6.03 Å². The fourth-order valence-electron chi connectivity index (χ4n) is 2.64. The lowest BCUT2D eigenvalue weighted by Gasteiger charge is -2.17. The highest BCUT2D eigenvalue weighted by Crippen LogP contribution is 2.20. The van der Waals surface area contributed by atoms with E-state index in [4.69, 9.17) is 11.6 Å². The van der Waals surface area contributed by atoms with Crippen molar-refractivity contribution in [1.82, 2.24) is 5.43 Å². The summed E-state index contributed by atoms with van der Waals surface area (Å²) in [4.78, 5) is 14.1. The molecule has 24 heavy (non-hydrogen) atoms. The first-order valence-corrected chi connectivity index (χ1v) is 8.29. The number of carbonyl (C=O) groups is 1. The number of nitrogens with zero attached hydrogens (tertiary/aromatic N) is 2. The van der Waals surface area contributed by atoms with Crippen molar-refractivity contribution in [2.45, 2.75) is 12.8 Å². The van der Waals surface area contributed by atoms with Gasteiger partial charge in [0.1, 0.15) is 0 Å². The van der Waals surface area contributed by atoms with Crippen molar-refractivity contribution >= 4 is 35.2 Å². The molecule has 2 aromatic rings. The summed E-state index contributed by atoms with van der Waals surface area (Å²) >= 11 is 5.87. The summed E-state index contributed by atoms with van der Waals surface area (Å²) in [5.41, 5.74) is 5.21. The average molecular weight is 343 g/mol. The van der Waals surface area contributed by atoms with Gasteiger partial charge in [-0.25, -0.2) is 10.2 Å². The first kappa shape index (κ1) is 16.3. The molecule has 1 aliphatic rings. The number of rotatable bonds is 4. The van der Waals surface area contributed by atoms with Crippen LogP contribution >= 0.6 is 11.6 Å². The molecule has 0 bridgehead atoms. The van der Waals surface area contributed by atoms with Gasteiger partial charge in [-0.2, -0.15) is 5.10 Å². The summed E-state index contributed by atoms with van der Waals surface area (Å²) in [6.45, 7) is 2.25. The van der Waals surface area contributed by atoms with Crippen molar-refractivity contribution in [2.75, 3.05) is 23.3 Å². The molecule has 0 saturated carbocycles. The van der Waals surface area contributed by atoms with E-state index >= 15 is 0 Å². The van der Waals surface area contributed by atoms with Crippen molar-refractivity contribution in [1.29, 1.82) is 0 Å². The quantitative estimate of drug-likeness (QED) is 0.649. The molecule has 2 aromatic carbocycles. The van der Waals surface area contributed by atoms with E-state index in [0.29, 0.717) is 10.7 Å². The van der Waals surface area contributed by atoms with Gasteiger partial charge in [0.25, 0.3) is 0 Å². The van der Waals surface area contributed by atoms with Gasteiger partial charge in [-0.05, 0) is 48.7 Å². The van der Waals surface area contributed by atoms with Crippen molar-refractivity contribution < 1.29 is 4.79 Å². The summed E-state index contributed by atoms with van der Waals surface area (Å²) in [5, 5.41) is 7.18. The third kappa shape index (κ3) is 4.49. The van der Waals surface area contributed by atoms with Gasteiger partial charge in [-0.15, -0.1) is 0 Å². The number of hydrazone groups is 1. The maximum atomic E-state index is 11.8. The van der Waals surface area contributed by atoms with Crippen LogP contribution in [-0.4, -0.2) is 25.3 Å². The van der Waals surface area contributed by atoms with Crippen LogP contribution < -0.4 is 15.6 Å². The van der Waals surface area contributed by atoms with E-state index in [-0.39, 0.29) is 0 Å². The number of carbonyl (C=O) groups excluding carboxylic acids is 1. The third-order valence-electron chi connectivity index (χ3n) is 3.83. The monoisotopic (exact) mass is 342 g/mol. The Bertz CT molecular complexity index is 724. The van der Waals surface area contributed by atoms with Crippen LogP contribution in [0.25, 0.3) is 0 Å². The Balaban J connectivity index is 1.51. The molecular weight excluding hydrogens is 324 g/mol. The molecule has 1 heterocycles. The zero-order valence-corrected chi connectivity index (χ0v) is 14.0. The fraction of sp³-hybridized carbons (Fsp3) is 0.222. The van der Waals surface area contributed by atoms with E-state index in [1.165, 1.54) is 18.5 Å². The van der Waals surface area contributed by atoms with Crippen LogP contribution in [0.2, 0.25) is 5.02 Å². The minimum absolute atomic E-state index is 0.415. The molecule has 6 heteroatoms. The molecule has 1 saturated heterocycles. The van der Waals surface area contributed by atoms with Crippen LogP contribution in [0, 0.1) is 0 Å². The van der Waals surface area contributed by atoms with Gasteiger partial charge < -0.3 is 10.2 Å². The number of benzene rings is 2. The summed E-state index contributed by atoms with van der Waals surface area (Å²) < 4.78 is 0. The number of hydrogen-bond acceptors (Lipinski definition) is 3. The van der Waals surface area contributed by atoms with E-state index in [1.54, 1.807) is 30.5 Å². The molecule has 0 atom stereocenters. The average Bonchev–Trinajstić information content (AvgIpc) is 3.10. The molecule has 0 radical (unpaired) electrons. The standard InChI is InChI=1S/C18H19ClN4O/c19-15-4-3-5-16(12-15)21-18(24)22-20-13-14-6-8-17(9-7-14)23-10-1-2-11-23/h3-9,12-13H,1-2,10-11H2,(H2,21,22,24)/b20-13-. The predicted molar refractivity (Wildman–Crippen MR) is 99.1 cm³/mol. The molecule has 0 unspecified atom stereocenters. The van der Waals surface area contributed by atoms with Gasteiger partial charge in [0.15, 0.2) is 0 Å². The minimum Gasteiger partial charge on any atom is -0.372 e. The van der Waals surface area contributed by atoms with Crippen LogP contribution in [0.4, 0.5) is 16.2 Å².